The predicted molar refractivity (Wildman–Crippen MR) is 94.4 cm³/mol. The largest absolute Gasteiger partial charge is 0.374 e. The third kappa shape index (κ3) is 2.40. The minimum atomic E-state index is 0.478. The molecule has 4 rings (SSSR count). The van der Waals surface area contributed by atoms with Gasteiger partial charge < -0.3 is 16.0 Å². The zero-order chi connectivity index (χ0) is 15.8. The number of nitrogens with one attached hydrogen (secondary N) is 2. The van der Waals surface area contributed by atoms with Crippen LogP contribution in [0.15, 0.2) is 42.6 Å². The number of hydrogen-bond acceptors (Lipinski definition) is 6. The maximum absolute atomic E-state index is 5.65. The van der Waals surface area contributed by atoms with E-state index in [0.717, 1.165) is 38.5 Å². The summed E-state index contributed by atoms with van der Waals surface area (Å²) in [6.45, 7) is 0. The topological polar surface area (TPSA) is 92.5 Å². The van der Waals surface area contributed by atoms with Crippen LogP contribution in [-0.2, 0) is 0 Å². The summed E-state index contributed by atoms with van der Waals surface area (Å²) in [5, 5.41) is 13.4. The number of aromatic amines is 1. The molecule has 0 spiro atoms. The molecule has 0 atom stereocenters. The van der Waals surface area contributed by atoms with Crippen LogP contribution in [0.4, 0.5) is 10.9 Å². The fourth-order valence-electron chi connectivity index (χ4n) is 2.55. The molecule has 4 N–H and O–H groups in total. The molecule has 0 aliphatic heterocycles. The van der Waals surface area contributed by atoms with Gasteiger partial charge in [0, 0.05) is 24.2 Å². The van der Waals surface area contributed by atoms with Crippen LogP contribution in [-0.4, -0.2) is 27.2 Å². The molecule has 23 heavy (non-hydrogen) atoms. The van der Waals surface area contributed by atoms with E-state index >= 15 is 0 Å². The predicted octanol–water partition coefficient (Wildman–Crippen LogP) is 3.37. The number of anilines is 2. The summed E-state index contributed by atoms with van der Waals surface area (Å²) in [5.74, 6) is 0.830. The van der Waals surface area contributed by atoms with Gasteiger partial charge in [0.25, 0.3) is 0 Å². The maximum Gasteiger partial charge on any atom is 0.203 e. The Balaban J connectivity index is 1.80. The molecular weight excluding hydrogens is 308 g/mol. The SMILES string of the molecule is CNc1cc(-c2ccc(-c3nnc(N)s3)cc2)c2cc[nH]c2n1. The Kier molecular flexibility index (Phi) is 3.20. The van der Waals surface area contributed by atoms with Crippen LogP contribution < -0.4 is 11.1 Å². The number of benzene rings is 1. The molecule has 4 aromatic rings. The van der Waals surface area contributed by atoms with Gasteiger partial charge in [-0.05, 0) is 23.3 Å². The van der Waals surface area contributed by atoms with Gasteiger partial charge in [-0.1, -0.05) is 35.6 Å². The second kappa shape index (κ2) is 5.36. The zero-order valence-corrected chi connectivity index (χ0v) is 13.2. The van der Waals surface area contributed by atoms with Crippen molar-refractivity contribution >= 4 is 33.3 Å². The molecule has 7 heteroatoms. The van der Waals surface area contributed by atoms with Crippen LogP contribution in [0.5, 0.6) is 0 Å². The lowest BCUT2D eigenvalue weighted by atomic mass is 10.0. The number of nitrogens with two attached hydrogens (primary N) is 1. The molecule has 6 nitrogen and oxygen atoms in total. The number of aromatic nitrogens is 4. The molecular formula is C16H14N6S. The lowest BCUT2D eigenvalue weighted by Gasteiger charge is -2.07. The van der Waals surface area contributed by atoms with E-state index in [1.54, 1.807) is 0 Å². The number of hydrogen-bond donors (Lipinski definition) is 3. The fraction of sp³-hybridized carbons (Fsp3) is 0.0625. The fourth-order valence-corrected chi connectivity index (χ4v) is 3.16. The van der Waals surface area contributed by atoms with E-state index in [2.05, 4.69) is 37.6 Å². The Morgan fingerprint density at radius 3 is 2.57 bits per heavy atom. The summed E-state index contributed by atoms with van der Waals surface area (Å²) in [6, 6.07) is 12.3. The Hall–Kier alpha value is -2.93. The summed E-state index contributed by atoms with van der Waals surface area (Å²) in [4.78, 5) is 7.67. The van der Waals surface area contributed by atoms with Gasteiger partial charge in [0.2, 0.25) is 5.13 Å². The van der Waals surface area contributed by atoms with E-state index in [4.69, 9.17) is 5.73 Å². The molecule has 3 aromatic heterocycles. The first-order chi connectivity index (χ1) is 11.2. The first kappa shape index (κ1) is 13.7. The summed E-state index contributed by atoms with van der Waals surface area (Å²) >= 11 is 1.38. The van der Waals surface area contributed by atoms with E-state index < -0.39 is 0 Å². The number of fused-ring (bicyclic) bond motifs is 1. The highest BCUT2D eigenvalue weighted by molar-refractivity contribution is 7.18. The average Bonchev–Trinajstić information content (AvgIpc) is 3.22. The van der Waals surface area contributed by atoms with E-state index in [1.807, 2.05) is 37.5 Å². The van der Waals surface area contributed by atoms with Crippen LogP contribution in [0.1, 0.15) is 0 Å². The lowest BCUT2D eigenvalue weighted by Crippen LogP contribution is -1.93. The third-order valence-corrected chi connectivity index (χ3v) is 4.47. The van der Waals surface area contributed by atoms with Gasteiger partial charge in [-0.3, -0.25) is 0 Å². The van der Waals surface area contributed by atoms with Gasteiger partial charge >= 0.3 is 0 Å². The first-order valence-electron chi connectivity index (χ1n) is 7.10. The molecule has 0 amide bonds. The van der Waals surface area contributed by atoms with Crippen molar-refractivity contribution in [3.63, 3.8) is 0 Å². The number of pyridine rings is 1. The second-order valence-electron chi connectivity index (χ2n) is 5.07. The van der Waals surface area contributed by atoms with Gasteiger partial charge in [0.05, 0.1) is 0 Å². The van der Waals surface area contributed by atoms with Crippen molar-refractivity contribution in [1.82, 2.24) is 20.2 Å². The van der Waals surface area contributed by atoms with Crippen molar-refractivity contribution in [2.45, 2.75) is 0 Å². The van der Waals surface area contributed by atoms with Crippen molar-refractivity contribution < 1.29 is 0 Å². The molecule has 0 fully saturated rings. The van der Waals surface area contributed by atoms with Crippen molar-refractivity contribution in [2.24, 2.45) is 0 Å². The molecule has 0 saturated heterocycles. The van der Waals surface area contributed by atoms with Crippen LogP contribution in [0.3, 0.4) is 0 Å². The number of rotatable bonds is 3. The minimum absolute atomic E-state index is 0.478. The van der Waals surface area contributed by atoms with Crippen LogP contribution in [0, 0.1) is 0 Å². The molecule has 0 aliphatic rings. The molecule has 0 unspecified atom stereocenters. The highest BCUT2D eigenvalue weighted by atomic mass is 32.1. The van der Waals surface area contributed by atoms with E-state index in [0.29, 0.717) is 5.13 Å². The molecule has 0 saturated carbocycles. The third-order valence-electron chi connectivity index (χ3n) is 3.67. The van der Waals surface area contributed by atoms with E-state index in [-0.39, 0.29) is 0 Å². The monoisotopic (exact) mass is 322 g/mol. The Bertz CT molecular complexity index is 970. The lowest BCUT2D eigenvalue weighted by molar-refractivity contribution is 1.10. The van der Waals surface area contributed by atoms with Crippen LogP contribution in [0.2, 0.25) is 0 Å². The smallest absolute Gasteiger partial charge is 0.203 e. The van der Waals surface area contributed by atoms with Crippen molar-refractivity contribution in [1.29, 1.82) is 0 Å². The number of H-pyrrole nitrogens is 1. The minimum Gasteiger partial charge on any atom is -0.374 e. The number of nitrogen functional groups attached to an aromatic ring is 1. The molecule has 0 bridgehead atoms. The van der Waals surface area contributed by atoms with E-state index in [9.17, 15) is 0 Å². The Morgan fingerprint density at radius 1 is 1.09 bits per heavy atom. The van der Waals surface area contributed by atoms with Gasteiger partial charge in [0.1, 0.15) is 16.5 Å². The second-order valence-corrected chi connectivity index (χ2v) is 6.08. The van der Waals surface area contributed by atoms with Crippen molar-refractivity contribution in [2.75, 3.05) is 18.1 Å². The summed E-state index contributed by atoms with van der Waals surface area (Å²) in [6.07, 6.45) is 1.90. The first-order valence-corrected chi connectivity index (χ1v) is 7.92. The van der Waals surface area contributed by atoms with Gasteiger partial charge in [0.15, 0.2) is 0 Å². The van der Waals surface area contributed by atoms with Crippen molar-refractivity contribution in [3.8, 4) is 21.7 Å². The van der Waals surface area contributed by atoms with Crippen molar-refractivity contribution in [3.05, 3.63) is 42.6 Å². The molecule has 0 aliphatic carbocycles. The zero-order valence-electron chi connectivity index (χ0n) is 12.4. The highest BCUT2D eigenvalue weighted by Crippen LogP contribution is 2.32. The van der Waals surface area contributed by atoms with Crippen LogP contribution in [0.25, 0.3) is 32.7 Å². The quantitative estimate of drug-likeness (QED) is 0.538. The molecule has 1 aromatic carbocycles. The summed E-state index contributed by atoms with van der Waals surface area (Å²) < 4.78 is 0. The Labute approximate surface area is 136 Å². The number of nitrogens with zero attached hydrogens (tertiary/aromatic N) is 3. The maximum atomic E-state index is 5.65. The van der Waals surface area contributed by atoms with E-state index in [1.165, 1.54) is 11.3 Å². The normalized spacial score (nSPS) is 11.0. The highest BCUT2D eigenvalue weighted by Gasteiger charge is 2.10. The summed E-state index contributed by atoms with van der Waals surface area (Å²) in [5.41, 5.74) is 9.77. The standard InChI is InChI=1S/C16H14N6S/c1-18-13-8-12(11-6-7-19-14(11)20-13)9-2-4-10(5-3-9)15-21-22-16(17)23-15/h2-8H,1H3,(H2,17,22)(H2,18,19,20). The van der Waals surface area contributed by atoms with Gasteiger partial charge in [-0.25, -0.2) is 4.98 Å². The molecule has 3 heterocycles. The average molecular weight is 322 g/mol. The molecule has 114 valence electrons. The Morgan fingerprint density at radius 2 is 1.87 bits per heavy atom. The summed E-state index contributed by atoms with van der Waals surface area (Å²) in [7, 11) is 1.86. The molecule has 0 radical (unpaired) electrons. The van der Waals surface area contributed by atoms with Gasteiger partial charge in [-0.15, -0.1) is 10.2 Å². The van der Waals surface area contributed by atoms with Gasteiger partial charge in [-0.2, -0.15) is 0 Å². The van der Waals surface area contributed by atoms with Crippen LogP contribution >= 0.6 is 11.3 Å².